The van der Waals surface area contributed by atoms with E-state index >= 15 is 0 Å². The summed E-state index contributed by atoms with van der Waals surface area (Å²) in [6.07, 6.45) is 1.70. The van der Waals surface area contributed by atoms with E-state index in [1.54, 1.807) is 6.08 Å². The third kappa shape index (κ3) is 2.53. The first-order valence-electron chi connectivity index (χ1n) is 5.59. The van der Waals surface area contributed by atoms with E-state index in [1.807, 2.05) is 31.2 Å². The van der Waals surface area contributed by atoms with Gasteiger partial charge in [0.1, 0.15) is 6.61 Å². The molecule has 88 valence electrons. The number of ether oxygens (including phenoxy) is 1. The zero-order chi connectivity index (χ0) is 12.1. The van der Waals surface area contributed by atoms with E-state index < -0.39 is 0 Å². The first-order chi connectivity index (χ1) is 8.35. The van der Waals surface area contributed by atoms with Crippen molar-refractivity contribution in [3.8, 4) is 5.88 Å². The summed E-state index contributed by atoms with van der Waals surface area (Å²) in [4.78, 5) is 8.74. The number of anilines is 1. The van der Waals surface area contributed by atoms with E-state index in [2.05, 4.69) is 21.9 Å². The van der Waals surface area contributed by atoms with Gasteiger partial charge >= 0.3 is 0 Å². The van der Waals surface area contributed by atoms with Crippen LogP contribution in [0, 0.1) is 0 Å². The van der Waals surface area contributed by atoms with Crippen molar-refractivity contribution in [3.05, 3.63) is 36.9 Å². The fraction of sp³-hybridized carbons (Fsp3) is 0.231. The van der Waals surface area contributed by atoms with Crippen molar-refractivity contribution in [1.29, 1.82) is 0 Å². The van der Waals surface area contributed by atoms with Gasteiger partial charge in [0.2, 0.25) is 11.8 Å². The maximum absolute atomic E-state index is 5.55. The SMILES string of the molecule is C=CCOc1nc(NCC)nc2ccccc12. The smallest absolute Gasteiger partial charge is 0.226 e. The second-order valence-corrected chi connectivity index (χ2v) is 3.50. The van der Waals surface area contributed by atoms with Crippen molar-refractivity contribution in [3.63, 3.8) is 0 Å². The molecule has 0 aliphatic heterocycles. The summed E-state index contributed by atoms with van der Waals surface area (Å²) < 4.78 is 5.55. The summed E-state index contributed by atoms with van der Waals surface area (Å²) in [5, 5.41) is 4.00. The average molecular weight is 229 g/mol. The second kappa shape index (κ2) is 5.30. The van der Waals surface area contributed by atoms with Crippen LogP contribution in [0.5, 0.6) is 5.88 Å². The van der Waals surface area contributed by atoms with Gasteiger partial charge in [0.15, 0.2) is 0 Å². The van der Waals surface area contributed by atoms with Gasteiger partial charge < -0.3 is 10.1 Å². The van der Waals surface area contributed by atoms with Crippen LogP contribution in [-0.4, -0.2) is 23.1 Å². The number of fused-ring (bicyclic) bond motifs is 1. The van der Waals surface area contributed by atoms with Crippen LogP contribution in [0.3, 0.4) is 0 Å². The topological polar surface area (TPSA) is 47.0 Å². The molecule has 0 spiro atoms. The van der Waals surface area contributed by atoms with Crippen LogP contribution in [0.4, 0.5) is 5.95 Å². The summed E-state index contributed by atoms with van der Waals surface area (Å²) in [7, 11) is 0. The minimum atomic E-state index is 0.437. The molecular formula is C13H15N3O. The molecule has 17 heavy (non-hydrogen) atoms. The predicted molar refractivity (Wildman–Crippen MR) is 69.4 cm³/mol. The molecule has 4 nitrogen and oxygen atoms in total. The fourth-order valence-electron chi connectivity index (χ4n) is 1.53. The Morgan fingerprint density at radius 2 is 2.18 bits per heavy atom. The number of hydrogen-bond acceptors (Lipinski definition) is 4. The van der Waals surface area contributed by atoms with Gasteiger partial charge in [0.25, 0.3) is 0 Å². The van der Waals surface area contributed by atoms with Crippen LogP contribution >= 0.6 is 0 Å². The normalized spacial score (nSPS) is 10.2. The van der Waals surface area contributed by atoms with Crippen LogP contribution in [0.25, 0.3) is 10.9 Å². The van der Waals surface area contributed by atoms with Crippen molar-refractivity contribution in [2.75, 3.05) is 18.5 Å². The largest absolute Gasteiger partial charge is 0.473 e. The minimum Gasteiger partial charge on any atom is -0.473 e. The molecule has 1 heterocycles. The molecule has 0 amide bonds. The highest BCUT2D eigenvalue weighted by Gasteiger charge is 2.07. The molecule has 4 heteroatoms. The molecule has 2 rings (SSSR count). The molecule has 0 saturated heterocycles. The van der Waals surface area contributed by atoms with E-state index in [1.165, 1.54) is 0 Å². The summed E-state index contributed by atoms with van der Waals surface area (Å²) in [6, 6.07) is 7.78. The molecule has 0 unspecified atom stereocenters. The van der Waals surface area contributed by atoms with Crippen LogP contribution in [0.1, 0.15) is 6.92 Å². The van der Waals surface area contributed by atoms with Crippen molar-refractivity contribution in [2.45, 2.75) is 6.92 Å². The summed E-state index contributed by atoms with van der Waals surface area (Å²) in [5.74, 6) is 1.18. The van der Waals surface area contributed by atoms with Crippen molar-refractivity contribution < 1.29 is 4.74 Å². The Labute approximate surface area is 100 Å². The lowest BCUT2D eigenvalue weighted by Gasteiger charge is -2.09. The maximum Gasteiger partial charge on any atom is 0.226 e. The molecule has 1 N–H and O–H groups in total. The van der Waals surface area contributed by atoms with E-state index in [0.717, 1.165) is 17.4 Å². The number of aromatic nitrogens is 2. The van der Waals surface area contributed by atoms with Gasteiger partial charge in [0, 0.05) is 6.54 Å². The highest BCUT2D eigenvalue weighted by atomic mass is 16.5. The Balaban J connectivity index is 2.48. The number of nitrogens with zero attached hydrogens (tertiary/aromatic N) is 2. The van der Waals surface area contributed by atoms with Crippen LogP contribution in [0.15, 0.2) is 36.9 Å². The fourth-order valence-corrected chi connectivity index (χ4v) is 1.53. The maximum atomic E-state index is 5.55. The number of hydrogen-bond donors (Lipinski definition) is 1. The van der Waals surface area contributed by atoms with Gasteiger partial charge in [-0.25, -0.2) is 4.98 Å². The number of nitrogens with one attached hydrogen (secondary N) is 1. The molecule has 2 aromatic rings. The van der Waals surface area contributed by atoms with Gasteiger partial charge in [-0.3, -0.25) is 0 Å². The summed E-state index contributed by atoms with van der Waals surface area (Å²) >= 11 is 0. The molecule has 0 aliphatic carbocycles. The lowest BCUT2D eigenvalue weighted by Crippen LogP contribution is -2.05. The third-order valence-electron chi connectivity index (χ3n) is 2.24. The molecule has 1 aromatic heterocycles. The van der Waals surface area contributed by atoms with Gasteiger partial charge in [-0.05, 0) is 19.1 Å². The number of rotatable bonds is 5. The lowest BCUT2D eigenvalue weighted by molar-refractivity contribution is 0.353. The molecule has 0 bridgehead atoms. The summed E-state index contributed by atoms with van der Waals surface area (Å²) in [6.45, 7) is 6.85. The Hall–Kier alpha value is -2.10. The van der Waals surface area contributed by atoms with Gasteiger partial charge in [-0.1, -0.05) is 24.8 Å². The van der Waals surface area contributed by atoms with Gasteiger partial charge in [-0.15, -0.1) is 0 Å². The third-order valence-corrected chi connectivity index (χ3v) is 2.24. The van der Waals surface area contributed by atoms with Crippen LogP contribution in [0.2, 0.25) is 0 Å². The highest BCUT2D eigenvalue weighted by molar-refractivity contribution is 5.84. The van der Waals surface area contributed by atoms with Gasteiger partial charge in [0.05, 0.1) is 10.9 Å². The average Bonchev–Trinajstić information content (AvgIpc) is 2.36. The molecule has 0 saturated carbocycles. The quantitative estimate of drug-likeness (QED) is 0.801. The lowest BCUT2D eigenvalue weighted by atomic mass is 10.2. The second-order valence-electron chi connectivity index (χ2n) is 3.50. The summed E-state index contributed by atoms with van der Waals surface area (Å²) in [5.41, 5.74) is 0.873. The zero-order valence-corrected chi connectivity index (χ0v) is 9.81. The predicted octanol–water partition coefficient (Wildman–Crippen LogP) is 2.63. The number of benzene rings is 1. The Bertz CT molecular complexity index is 525. The van der Waals surface area contributed by atoms with Crippen LogP contribution < -0.4 is 10.1 Å². The highest BCUT2D eigenvalue weighted by Crippen LogP contribution is 2.23. The van der Waals surface area contributed by atoms with E-state index in [4.69, 9.17) is 4.74 Å². The van der Waals surface area contributed by atoms with Crippen molar-refractivity contribution in [2.24, 2.45) is 0 Å². The van der Waals surface area contributed by atoms with Gasteiger partial charge in [-0.2, -0.15) is 4.98 Å². The Morgan fingerprint density at radius 3 is 2.94 bits per heavy atom. The van der Waals surface area contributed by atoms with Crippen molar-refractivity contribution in [1.82, 2.24) is 9.97 Å². The first-order valence-corrected chi connectivity index (χ1v) is 5.59. The molecule has 0 aliphatic rings. The van der Waals surface area contributed by atoms with E-state index in [-0.39, 0.29) is 0 Å². The van der Waals surface area contributed by atoms with Crippen molar-refractivity contribution >= 4 is 16.9 Å². The molecule has 1 aromatic carbocycles. The standard InChI is InChI=1S/C13H15N3O/c1-3-9-17-12-10-7-5-6-8-11(10)15-13(16-12)14-4-2/h3,5-8H,1,4,9H2,2H3,(H,14,15,16). The monoisotopic (exact) mass is 229 g/mol. The van der Waals surface area contributed by atoms with E-state index in [9.17, 15) is 0 Å². The molecule has 0 atom stereocenters. The number of para-hydroxylation sites is 1. The molecular weight excluding hydrogens is 214 g/mol. The van der Waals surface area contributed by atoms with E-state index in [0.29, 0.717) is 18.4 Å². The first kappa shape index (κ1) is 11.4. The zero-order valence-electron chi connectivity index (χ0n) is 9.81. The molecule has 0 fully saturated rings. The van der Waals surface area contributed by atoms with Crippen LogP contribution in [-0.2, 0) is 0 Å². The Kier molecular flexibility index (Phi) is 3.55. The molecule has 0 radical (unpaired) electrons. The minimum absolute atomic E-state index is 0.437. The Morgan fingerprint density at radius 1 is 1.35 bits per heavy atom.